The number of nitrogens with one attached hydrogen (secondary N) is 2. The Morgan fingerprint density at radius 3 is 2.46 bits per heavy atom. The molecule has 0 amide bonds. The minimum atomic E-state index is -0.696. The lowest BCUT2D eigenvalue weighted by Crippen LogP contribution is -2.32. The summed E-state index contributed by atoms with van der Waals surface area (Å²) in [7, 11) is 1.26. The molecule has 9 heteroatoms. The first-order valence-electron chi connectivity index (χ1n) is 8.10. The Kier molecular flexibility index (Phi) is 4.12. The van der Waals surface area contributed by atoms with Gasteiger partial charge in [-0.2, -0.15) is 0 Å². The van der Waals surface area contributed by atoms with E-state index in [0.29, 0.717) is 10.5 Å². The van der Waals surface area contributed by atoms with Gasteiger partial charge >= 0.3 is 5.97 Å². The second kappa shape index (κ2) is 6.50. The molecule has 2 heterocycles. The third-order valence-electron chi connectivity index (χ3n) is 4.37. The zero-order valence-corrected chi connectivity index (χ0v) is 15.2. The van der Waals surface area contributed by atoms with Crippen molar-refractivity contribution in [1.29, 1.82) is 0 Å². The van der Waals surface area contributed by atoms with Crippen LogP contribution >= 0.6 is 11.6 Å². The Morgan fingerprint density at radius 1 is 1.07 bits per heavy atom. The highest BCUT2D eigenvalue weighted by atomic mass is 35.5. The van der Waals surface area contributed by atoms with Crippen molar-refractivity contribution >= 4 is 39.4 Å². The Bertz CT molecular complexity index is 1430. The first-order chi connectivity index (χ1) is 13.4. The number of carbonyl (C=O) groups excluding carboxylic acids is 1. The molecule has 0 aliphatic rings. The molecule has 2 aromatic carbocycles. The molecular weight excluding hydrogens is 386 g/mol. The van der Waals surface area contributed by atoms with E-state index >= 15 is 0 Å². The number of esters is 1. The standard InChI is InChI=1S/C19H12ClN3O5/c1-28-19(27)9-2-5-11(6-3-9)23-18(26)14-15(17(25)22-23)21-13-8-10(20)4-7-12(13)16(14)24/h2-8H,1H3,(H,21,24)(H,22,25). The lowest BCUT2D eigenvalue weighted by Gasteiger charge is -2.08. The first kappa shape index (κ1) is 17.7. The predicted octanol–water partition coefficient (Wildman–Crippen LogP) is 1.96. The Balaban J connectivity index is 2.02. The maximum Gasteiger partial charge on any atom is 0.337 e. The van der Waals surface area contributed by atoms with E-state index in [4.69, 9.17) is 11.6 Å². The fourth-order valence-electron chi connectivity index (χ4n) is 3.00. The number of methoxy groups -OCH3 is 1. The van der Waals surface area contributed by atoms with E-state index in [1.54, 1.807) is 0 Å². The highest BCUT2D eigenvalue weighted by Crippen LogP contribution is 2.16. The normalized spacial score (nSPS) is 11.1. The van der Waals surface area contributed by atoms with Gasteiger partial charge < -0.3 is 9.72 Å². The van der Waals surface area contributed by atoms with Crippen molar-refractivity contribution in [2.45, 2.75) is 0 Å². The molecule has 0 saturated carbocycles. The lowest BCUT2D eigenvalue weighted by molar-refractivity contribution is 0.0600. The van der Waals surface area contributed by atoms with Crippen LogP contribution in [0.5, 0.6) is 0 Å². The van der Waals surface area contributed by atoms with Gasteiger partial charge in [0.2, 0.25) is 5.43 Å². The quantitative estimate of drug-likeness (QED) is 0.396. The fraction of sp³-hybridized carbons (Fsp3) is 0.0526. The van der Waals surface area contributed by atoms with Crippen LogP contribution in [0.15, 0.2) is 56.8 Å². The van der Waals surface area contributed by atoms with Gasteiger partial charge in [-0.1, -0.05) is 11.6 Å². The molecule has 140 valence electrons. The number of rotatable bonds is 2. The summed E-state index contributed by atoms with van der Waals surface area (Å²) in [6.45, 7) is 0. The summed E-state index contributed by atoms with van der Waals surface area (Å²) in [5, 5.41) is 2.80. The SMILES string of the molecule is COC(=O)c1ccc(-n2[nH]c(=O)c3[nH]c4cc(Cl)ccc4c(=O)c3c2=O)cc1. The molecule has 28 heavy (non-hydrogen) atoms. The molecule has 0 unspecified atom stereocenters. The van der Waals surface area contributed by atoms with Gasteiger partial charge in [0.1, 0.15) is 10.9 Å². The molecule has 0 fully saturated rings. The molecule has 2 aromatic heterocycles. The van der Waals surface area contributed by atoms with E-state index in [2.05, 4.69) is 14.8 Å². The number of pyridine rings is 1. The molecule has 4 aromatic rings. The molecule has 0 spiro atoms. The zero-order valence-electron chi connectivity index (χ0n) is 14.4. The summed E-state index contributed by atoms with van der Waals surface area (Å²) in [6, 6.07) is 10.4. The predicted molar refractivity (Wildman–Crippen MR) is 105 cm³/mol. The number of nitrogens with zero attached hydrogens (tertiary/aromatic N) is 1. The molecule has 0 bridgehead atoms. The van der Waals surface area contributed by atoms with Crippen LogP contribution in [0.1, 0.15) is 10.4 Å². The summed E-state index contributed by atoms with van der Waals surface area (Å²) < 4.78 is 5.59. The second-order valence-electron chi connectivity index (χ2n) is 6.01. The number of benzene rings is 2. The minimum absolute atomic E-state index is 0.132. The summed E-state index contributed by atoms with van der Waals surface area (Å²) in [4.78, 5) is 52.7. The lowest BCUT2D eigenvalue weighted by atomic mass is 10.1. The van der Waals surface area contributed by atoms with E-state index in [1.165, 1.54) is 49.6 Å². The van der Waals surface area contributed by atoms with Gasteiger partial charge in [-0.25, -0.2) is 9.48 Å². The maximum atomic E-state index is 12.9. The van der Waals surface area contributed by atoms with Crippen molar-refractivity contribution in [2.75, 3.05) is 7.11 Å². The van der Waals surface area contributed by atoms with Crippen molar-refractivity contribution in [3.8, 4) is 5.69 Å². The van der Waals surface area contributed by atoms with Gasteiger partial charge in [-0.05, 0) is 42.5 Å². The van der Waals surface area contributed by atoms with Gasteiger partial charge in [0.15, 0.2) is 0 Å². The molecule has 0 saturated heterocycles. The summed E-state index contributed by atoms with van der Waals surface area (Å²) >= 11 is 5.94. The van der Waals surface area contributed by atoms with Crippen molar-refractivity contribution in [3.63, 3.8) is 0 Å². The van der Waals surface area contributed by atoms with Crippen molar-refractivity contribution in [1.82, 2.24) is 14.8 Å². The van der Waals surface area contributed by atoms with Crippen LogP contribution in [0, 0.1) is 0 Å². The molecule has 4 rings (SSSR count). The highest BCUT2D eigenvalue weighted by Gasteiger charge is 2.16. The number of aromatic nitrogens is 3. The largest absolute Gasteiger partial charge is 0.465 e. The van der Waals surface area contributed by atoms with E-state index in [9.17, 15) is 19.2 Å². The van der Waals surface area contributed by atoms with Crippen molar-refractivity contribution in [2.24, 2.45) is 0 Å². The average molecular weight is 398 g/mol. The van der Waals surface area contributed by atoms with Crippen LogP contribution in [0.25, 0.3) is 27.5 Å². The molecule has 0 aliphatic heterocycles. The van der Waals surface area contributed by atoms with E-state index in [0.717, 1.165) is 4.68 Å². The number of ether oxygens (including phenoxy) is 1. The van der Waals surface area contributed by atoms with Crippen molar-refractivity contribution in [3.05, 3.63) is 84.0 Å². The monoisotopic (exact) mass is 397 g/mol. The van der Waals surface area contributed by atoms with Gasteiger partial charge in [0.25, 0.3) is 11.1 Å². The van der Waals surface area contributed by atoms with Crippen LogP contribution in [-0.2, 0) is 4.74 Å². The van der Waals surface area contributed by atoms with Crippen LogP contribution in [0.4, 0.5) is 0 Å². The topological polar surface area (TPSA) is 114 Å². The van der Waals surface area contributed by atoms with Gasteiger partial charge in [0.05, 0.1) is 23.9 Å². The molecule has 8 nitrogen and oxygen atoms in total. The number of halogens is 1. The summed E-state index contributed by atoms with van der Waals surface area (Å²) in [6.07, 6.45) is 0. The first-order valence-corrected chi connectivity index (χ1v) is 8.48. The molecule has 0 aliphatic carbocycles. The third-order valence-corrected chi connectivity index (χ3v) is 4.60. The van der Waals surface area contributed by atoms with E-state index in [1.807, 2.05) is 0 Å². The maximum absolute atomic E-state index is 12.9. The second-order valence-corrected chi connectivity index (χ2v) is 6.45. The number of fused-ring (bicyclic) bond motifs is 2. The van der Waals surface area contributed by atoms with Crippen LogP contribution in [0.3, 0.4) is 0 Å². The van der Waals surface area contributed by atoms with E-state index in [-0.39, 0.29) is 27.5 Å². The highest BCUT2D eigenvalue weighted by molar-refractivity contribution is 6.31. The minimum Gasteiger partial charge on any atom is -0.465 e. The fourth-order valence-corrected chi connectivity index (χ4v) is 3.18. The van der Waals surface area contributed by atoms with Gasteiger partial charge in [-0.3, -0.25) is 19.5 Å². The Hall–Kier alpha value is -3.65. The van der Waals surface area contributed by atoms with Crippen LogP contribution in [0.2, 0.25) is 5.02 Å². The Labute approximate surface area is 160 Å². The number of carbonyl (C=O) groups is 1. The van der Waals surface area contributed by atoms with Crippen molar-refractivity contribution < 1.29 is 9.53 Å². The molecule has 2 N–H and O–H groups in total. The molecule has 0 atom stereocenters. The van der Waals surface area contributed by atoms with Gasteiger partial charge in [0, 0.05) is 10.4 Å². The number of aromatic amines is 2. The number of hydrogen-bond donors (Lipinski definition) is 2. The summed E-state index contributed by atoms with van der Waals surface area (Å²) in [5.74, 6) is -0.535. The number of hydrogen-bond acceptors (Lipinski definition) is 5. The molecule has 0 radical (unpaired) electrons. The van der Waals surface area contributed by atoms with E-state index < -0.39 is 22.5 Å². The zero-order chi connectivity index (χ0) is 20.0. The van der Waals surface area contributed by atoms with Gasteiger partial charge in [-0.15, -0.1) is 0 Å². The average Bonchev–Trinajstić information content (AvgIpc) is 2.70. The Morgan fingerprint density at radius 2 is 1.79 bits per heavy atom. The third kappa shape index (κ3) is 2.71. The van der Waals surface area contributed by atoms with Crippen LogP contribution < -0.4 is 16.5 Å². The number of H-pyrrole nitrogens is 2. The molecular formula is C19H12ClN3O5. The van der Waals surface area contributed by atoms with Crippen LogP contribution in [-0.4, -0.2) is 27.8 Å². The summed E-state index contributed by atoms with van der Waals surface area (Å²) in [5.41, 5.74) is -1.13. The smallest absolute Gasteiger partial charge is 0.337 e.